The van der Waals surface area contributed by atoms with Crippen molar-refractivity contribution in [1.82, 2.24) is 24.8 Å². The number of pyridine rings is 1. The van der Waals surface area contributed by atoms with Crippen LogP contribution in [0.15, 0.2) is 84.5 Å². The average molecular weight is 424 g/mol. The number of rotatable bonds is 5. The van der Waals surface area contributed by atoms with Gasteiger partial charge in [0, 0.05) is 40.2 Å². The number of thiophene rings is 1. The summed E-state index contributed by atoms with van der Waals surface area (Å²) in [5.41, 5.74) is 3.96. The summed E-state index contributed by atoms with van der Waals surface area (Å²) in [7, 11) is 0. The summed E-state index contributed by atoms with van der Waals surface area (Å²) in [5.74, 6) is 0.479. The summed E-state index contributed by atoms with van der Waals surface area (Å²) in [6.07, 6.45) is 6.75. The van der Waals surface area contributed by atoms with Gasteiger partial charge in [0.1, 0.15) is 0 Å². The molecule has 0 saturated heterocycles. The zero-order chi connectivity index (χ0) is 21.0. The van der Waals surface area contributed by atoms with Gasteiger partial charge in [-0.2, -0.15) is 9.61 Å². The molecule has 150 valence electrons. The second-order valence-electron chi connectivity index (χ2n) is 6.66. The first-order valence-electron chi connectivity index (χ1n) is 9.52. The summed E-state index contributed by atoms with van der Waals surface area (Å²) in [5, 5.41) is 18.0. The molecule has 0 aliphatic rings. The number of benzene rings is 1. The van der Waals surface area contributed by atoms with Crippen LogP contribution in [0, 0.1) is 0 Å². The van der Waals surface area contributed by atoms with E-state index in [0.717, 1.165) is 21.7 Å². The van der Waals surface area contributed by atoms with E-state index in [9.17, 15) is 4.79 Å². The van der Waals surface area contributed by atoms with Crippen LogP contribution >= 0.6 is 11.3 Å². The van der Waals surface area contributed by atoms with Gasteiger partial charge in [0.2, 0.25) is 5.91 Å². The maximum Gasteiger partial charge on any atom is 0.248 e. The third kappa shape index (κ3) is 4.10. The second kappa shape index (κ2) is 8.29. The van der Waals surface area contributed by atoms with E-state index in [1.807, 2.05) is 66.0 Å². The first-order valence-corrected chi connectivity index (χ1v) is 10.4. The molecule has 1 aromatic carbocycles. The molecule has 0 atom stereocenters. The van der Waals surface area contributed by atoms with Crippen molar-refractivity contribution in [2.45, 2.75) is 0 Å². The third-order valence-electron chi connectivity index (χ3n) is 4.59. The lowest BCUT2D eigenvalue weighted by Crippen LogP contribution is -2.07. The highest BCUT2D eigenvalue weighted by molar-refractivity contribution is 7.10. The molecule has 1 N–H and O–H groups in total. The Morgan fingerprint density at radius 1 is 0.935 bits per heavy atom. The quantitative estimate of drug-likeness (QED) is 0.418. The number of nitrogens with zero attached hydrogens (tertiary/aromatic N) is 5. The van der Waals surface area contributed by atoms with Crippen LogP contribution in [-0.4, -0.2) is 30.7 Å². The van der Waals surface area contributed by atoms with Crippen molar-refractivity contribution in [2.24, 2.45) is 0 Å². The zero-order valence-electron chi connectivity index (χ0n) is 16.2. The monoisotopic (exact) mass is 424 g/mol. The molecule has 0 aliphatic heterocycles. The van der Waals surface area contributed by atoms with Crippen molar-refractivity contribution in [2.75, 3.05) is 5.32 Å². The number of carbonyl (C=O) groups is 1. The lowest BCUT2D eigenvalue weighted by Gasteiger charge is -2.06. The highest BCUT2D eigenvalue weighted by atomic mass is 32.1. The molecule has 0 spiro atoms. The van der Waals surface area contributed by atoms with Gasteiger partial charge in [-0.05, 0) is 53.9 Å². The molecule has 0 unspecified atom stereocenters. The largest absolute Gasteiger partial charge is 0.323 e. The summed E-state index contributed by atoms with van der Waals surface area (Å²) >= 11 is 1.58. The lowest BCUT2D eigenvalue weighted by molar-refractivity contribution is -0.111. The number of amides is 1. The molecular formula is C23H16N6OS. The number of hydrogen-bond acceptors (Lipinski definition) is 6. The van der Waals surface area contributed by atoms with Gasteiger partial charge in [-0.25, -0.2) is 0 Å². The van der Waals surface area contributed by atoms with Crippen LogP contribution in [0.3, 0.4) is 0 Å². The Labute approximate surface area is 181 Å². The molecule has 5 rings (SSSR count). The first kappa shape index (κ1) is 18.8. The molecule has 1 amide bonds. The van der Waals surface area contributed by atoms with Gasteiger partial charge in [-0.15, -0.1) is 21.5 Å². The highest BCUT2D eigenvalue weighted by Gasteiger charge is 2.11. The van der Waals surface area contributed by atoms with Crippen molar-refractivity contribution < 1.29 is 4.79 Å². The number of nitrogens with one attached hydrogen (secondary N) is 1. The Bertz CT molecular complexity index is 1360. The van der Waals surface area contributed by atoms with Crippen molar-refractivity contribution in [3.05, 3.63) is 89.4 Å². The molecule has 0 saturated carbocycles. The van der Waals surface area contributed by atoms with Gasteiger partial charge >= 0.3 is 0 Å². The van der Waals surface area contributed by atoms with Crippen molar-refractivity contribution in [3.63, 3.8) is 0 Å². The molecule has 31 heavy (non-hydrogen) atoms. The van der Waals surface area contributed by atoms with E-state index in [0.29, 0.717) is 17.2 Å². The van der Waals surface area contributed by atoms with Gasteiger partial charge < -0.3 is 5.32 Å². The van der Waals surface area contributed by atoms with Crippen molar-refractivity contribution in [1.29, 1.82) is 0 Å². The number of carbonyl (C=O) groups excluding carboxylic acids is 1. The molecular weight excluding hydrogens is 408 g/mol. The van der Waals surface area contributed by atoms with Crippen LogP contribution in [0.4, 0.5) is 5.69 Å². The topological polar surface area (TPSA) is 85.1 Å². The predicted molar refractivity (Wildman–Crippen MR) is 121 cm³/mol. The molecule has 7 nitrogen and oxygen atoms in total. The summed E-state index contributed by atoms with van der Waals surface area (Å²) in [6.45, 7) is 0. The SMILES string of the molecule is O=C(/C=C/c1cccs1)Nc1ccc(-c2ccc3nnc(-c4ccncc4)n3n2)cc1. The fraction of sp³-hybridized carbons (Fsp3) is 0. The Morgan fingerprint density at radius 3 is 2.55 bits per heavy atom. The summed E-state index contributed by atoms with van der Waals surface area (Å²) in [6, 6.07) is 19.0. The Balaban J connectivity index is 1.36. The third-order valence-corrected chi connectivity index (χ3v) is 5.43. The molecule has 4 aromatic heterocycles. The van der Waals surface area contributed by atoms with E-state index < -0.39 is 0 Å². The predicted octanol–water partition coefficient (Wildman–Crippen LogP) is 4.57. The van der Waals surface area contributed by atoms with E-state index in [-0.39, 0.29) is 5.91 Å². The van der Waals surface area contributed by atoms with Crippen LogP contribution < -0.4 is 5.32 Å². The molecule has 4 heterocycles. The minimum absolute atomic E-state index is 0.174. The van der Waals surface area contributed by atoms with Gasteiger partial charge in [0.25, 0.3) is 0 Å². The molecule has 5 aromatic rings. The average Bonchev–Trinajstić information content (AvgIpc) is 3.48. The Morgan fingerprint density at radius 2 is 1.77 bits per heavy atom. The highest BCUT2D eigenvalue weighted by Crippen LogP contribution is 2.22. The van der Waals surface area contributed by atoms with Gasteiger partial charge in [-0.3, -0.25) is 9.78 Å². The van der Waals surface area contributed by atoms with E-state index in [4.69, 9.17) is 5.10 Å². The maximum atomic E-state index is 12.1. The molecule has 8 heteroatoms. The minimum Gasteiger partial charge on any atom is -0.323 e. The fourth-order valence-electron chi connectivity index (χ4n) is 3.08. The second-order valence-corrected chi connectivity index (χ2v) is 7.64. The van der Waals surface area contributed by atoms with Gasteiger partial charge in [0.05, 0.1) is 5.69 Å². The standard InChI is InChI=1S/C23H16N6OS/c30-22(10-7-19-2-1-15-31-19)25-18-5-3-16(4-6-18)20-8-9-21-26-27-23(29(21)28-20)17-11-13-24-14-12-17/h1-15H,(H,25,30)/b10-7+. The summed E-state index contributed by atoms with van der Waals surface area (Å²) < 4.78 is 1.72. The lowest BCUT2D eigenvalue weighted by atomic mass is 10.1. The van der Waals surface area contributed by atoms with Crippen LogP contribution in [0.25, 0.3) is 34.4 Å². The maximum absolute atomic E-state index is 12.1. The van der Waals surface area contributed by atoms with E-state index >= 15 is 0 Å². The minimum atomic E-state index is -0.174. The van der Waals surface area contributed by atoms with E-state index in [1.54, 1.807) is 34.3 Å². The molecule has 0 bridgehead atoms. The smallest absolute Gasteiger partial charge is 0.248 e. The summed E-state index contributed by atoms with van der Waals surface area (Å²) in [4.78, 5) is 17.2. The van der Waals surface area contributed by atoms with Crippen LogP contribution in [0.1, 0.15) is 4.88 Å². The van der Waals surface area contributed by atoms with Crippen molar-refractivity contribution >= 4 is 34.7 Å². The van der Waals surface area contributed by atoms with Crippen LogP contribution in [0.2, 0.25) is 0 Å². The van der Waals surface area contributed by atoms with E-state index in [1.165, 1.54) is 6.08 Å². The number of hydrogen-bond donors (Lipinski definition) is 1. The number of aromatic nitrogens is 5. The van der Waals surface area contributed by atoms with Gasteiger partial charge in [0.15, 0.2) is 11.5 Å². The molecule has 0 aliphatic carbocycles. The first-order chi connectivity index (χ1) is 15.3. The zero-order valence-corrected chi connectivity index (χ0v) is 17.0. The Kier molecular flexibility index (Phi) is 5.04. The van der Waals surface area contributed by atoms with Crippen LogP contribution in [-0.2, 0) is 4.79 Å². The van der Waals surface area contributed by atoms with Crippen LogP contribution in [0.5, 0.6) is 0 Å². The van der Waals surface area contributed by atoms with Gasteiger partial charge in [-0.1, -0.05) is 18.2 Å². The fourth-order valence-corrected chi connectivity index (χ4v) is 3.69. The van der Waals surface area contributed by atoms with Crippen molar-refractivity contribution in [3.8, 4) is 22.6 Å². The van der Waals surface area contributed by atoms with E-state index in [2.05, 4.69) is 20.5 Å². The Hall–Kier alpha value is -4.17. The number of anilines is 1. The molecule has 0 radical (unpaired) electrons. The molecule has 0 fully saturated rings. The normalized spacial score (nSPS) is 11.2. The number of fused-ring (bicyclic) bond motifs is 1.